The van der Waals surface area contributed by atoms with Gasteiger partial charge in [-0.3, -0.25) is 4.79 Å². The standard InChI is InChI=1S/C19H24N2O5S2/c1-4-5-15-10-17(27-13(15)3)19(23)26-11-18(22)21-12(2)14-6-8-16(9-7-14)28(20,24)25/h6-10,12H,4-5,11H2,1-3H3,(H,21,22)(H2,20,24,25). The van der Waals surface area contributed by atoms with Crippen LogP contribution in [0.3, 0.4) is 0 Å². The van der Waals surface area contributed by atoms with E-state index in [1.54, 1.807) is 19.1 Å². The number of rotatable bonds is 8. The number of amides is 1. The number of hydrogen-bond donors (Lipinski definition) is 2. The molecule has 0 spiro atoms. The third-order valence-corrected chi connectivity index (χ3v) is 6.16. The highest BCUT2D eigenvalue weighted by Gasteiger charge is 2.17. The van der Waals surface area contributed by atoms with E-state index in [2.05, 4.69) is 12.2 Å². The van der Waals surface area contributed by atoms with Crippen LogP contribution in [-0.4, -0.2) is 26.9 Å². The van der Waals surface area contributed by atoms with Gasteiger partial charge in [-0.1, -0.05) is 25.5 Å². The molecule has 0 aliphatic rings. The van der Waals surface area contributed by atoms with Crippen LogP contribution < -0.4 is 10.5 Å². The van der Waals surface area contributed by atoms with E-state index in [-0.39, 0.29) is 10.9 Å². The van der Waals surface area contributed by atoms with Crippen molar-refractivity contribution in [3.63, 3.8) is 0 Å². The second-order valence-electron chi connectivity index (χ2n) is 6.42. The van der Waals surface area contributed by atoms with Gasteiger partial charge in [-0.2, -0.15) is 0 Å². The molecule has 3 N–H and O–H groups in total. The number of aryl methyl sites for hydroxylation is 2. The summed E-state index contributed by atoms with van der Waals surface area (Å²) in [4.78, 5) is 25.8. The molecule has 2 rings (SSSR count). The Bertz CT molecular complexity index is 949. The number of esters is 1. The van der Waals surface area contributed by atoms with Gasteiger partial charge in [-0.25, -0.2) is 18.4 Å². The maximum absolute atomic E-state index is 12.1. The predicted molar refractivity (Wildman–Crippen MR) is 108 cm³/mol. The first-order valence-corrected chi connectivity index (χ1v) is 11.2. The van der Waals surface area contributed by atoms with Crippen LogP contribution in [0, 0.1) is 6.92 Å². The van der Waals surface area contributed by atoms with Crippen molar-refractivity contribution in [1.29, 1.82) is 0 Å². The Hall–Kier alpha value is -2.23. The molecule has 1 unspecified atom stereocenters. The highest BCUT2D eigenvalue weighted by atomic mass is 32.2. The molecule has 152 valence electrons. The van der Waals surface area contributed by atoms with Crippen molar-refractivity contribution >= 4 is 33.2 Å². The topological polar surface area (TPSA) is 116 Å². The maximum Gasteiger partial charge on any atom is 0.348 e. The molecular formula is C19H24N2O5S2. The highest BCUT2D eigenvalue weighted by molar-refractivity contribution is 7.89. The minimum atomic E-state index is -3.76. The number of primary sulfonamides is 1. The van der Waals surface area contributed by atoms with Crippen molar-refractivity contribution in [1.82, 2.24) is 5.32 Å². The zero-order valence-electron chi connectivity index (χ0n) is 16.0. The number of benzene rings is 1. The lowest BCUT2D eigenvalue weighted by Crippen LogP contribution is -2.31. The zero-order chi connectivity index (χ0) is 20.9. The summed E-state index contributed by atoms with van der Waals surface area (Å²) in [6.45, 7) is 5.38. The number of thiophene rings is 1. The molecule has 28 heavy (non-hydrogen) atoms. The molecule has 0 aliphatic heterocycles. The smallest absolute Gasteiger partial charge is 0.348 e. The summed E-state index contributed by atoms with van der Waals surface area (Å²) in [7, 11) is -3.76. The molecule has 0 saturated heterocycles. The van der Waals surface area contributed by atoms with Gasteiger partial charge in [0.05, 0.1) is 10.9 Å². The van der Waals surface area contributed by atoms with Gasteiger partial charge in [-0.05, 0) is 49.6 Å². The van der Waals surface area contributed by atoms with Gasteiger partial charge in [-0.15, -0.1) is 11.3 Å². The second-order valence-corrected chi connectivity index (χ2v) is 9.24. The van der Waals surface area contributed by atoms with Crippen LogP contribution in [0.25, 0.3) is 0 Å². The summed E-state index contributed by atoms with van der Waals surface area (Å²) < 4.78 is 27.7. The SMILES string of the molecule is CCCc1cc(C(=O)OCC(=O)NC(C)c2ccc(S(N)(=O)=O)cc2)sc1C. The van der Waals surface area contributed by atoms with Gasteiger partial charge in [0.2, 0.25) is 10.0 Å². The first kappa shape index (κ1) is 22.1. The Morgan fingerprint density at radius 1 is 1.25 bits per heavy atom. The summed E-state index contributed by atoms with van der Waals surface area (Å²) in [6.07, 6.45) is 1.89. The average Bonchev–Trinajstić information content (AvgIpc) is 3.00. The first-order valence-electron chi connectivity index (χ1n) is 8.80. The molecule has 1 heterocycles. The number of hydrogen-bond acceptors (Lipinski definition) is 6. The predicted octanol–water partition coefficient (Wildman–Crippen LogP) is 2.69. The molecule has 2 aromatic rings. The largest absolute Gasteiger partial charge is 0.451 e. The quantitative estimate of drug-likeness (QED) is 0.632. The lowest BCUT2D eigenvalue weighted by atomic mass is 10.1. The van der Waals surface area contributed by atoms with Crippen molar-refractivity contribution in [3.05, 3.63) is 51.2 Å². The van der Waals surface area contributed by atoms with Gasteiger partial charge in [0.25, 0.3) is 5.91 Å². The minimum Gasteiger partial charge on any atom is -0.451 e. The van der Waals surface area contributed by atoms with Crippen LogP contribution in [0.5, 0.6) is 0 Å². The van der Waals surface area contributed by atoms with Crippen molar-refractivity contribution in [2.24, 2.45) is 5.14 Å². The van der Waals surface area contributed by atoms with E-state index in [1.165, 1.54) is 23.5 Å². The molecule has 0 aliphatic carbocycles. The Morgan fingerprint density at radius 3 is 2.46 bits per heavy atom. The molecule has 0 fully saturated rings. The molecule has 7 nitrogen and oxygen atoms in total. The van der Waals surface area contributed by atoms with Crippen LogP contribution in [0.15, 0.2) is 35.2 Å². The number of sulfonamides is 1. The summed E-state index contributed by atoms with van der Waals surface area (Å²) in [6, 6.07) is 7.32. The average molecular weight is 425 g/mol. The summed E-state index contributed by atoms with van der Waals surface area (Å²) in [5.41, 5.74) is 1.82. The van der Waals surface area contributed by atoms with Crippen molar-refractivity contribution < 1.29 is 22.7 Å². The Balaban J connectivity index is 1.89. The fourth-order valence-corrected chi connectivity index (χ4v) is 4.13. The van der Waals surface area contributed by atoms with E-state index in [1.807, 2.05) is 13.0 Å². The van der Waals surface area contributed by atoms with E-state index >= 15 is 0 Å². The molecule has 0 bridgehead atoms. The van der Waals surface area contributed by atoms with Gasteiger partial charge in [0.15, 0.2) is 6.61 Å². The normalized spacial score (nSPS) is 12.4. The van der Waals surface area contributed by atoms with Crippen LogP contribution in [0.4, 0.5) is 0 Å². The molecule has 0 radical (unpaired) electrons. The van der Waals surface area contributed by atoms with Crippen LogP contribution in [0.2, 0.25) is 0 Å². The molecule has 1 aromatic carbocycles. The number of carbonyl (C=O) groups excluding carboxylic acids is 2. The fraction of sp³-hybridized carbons (Fsp3) is 0.368. The Kier molecular flexibility index (Phi) is 7.34. The lowest BCUT2D eigenvalue weighted by Gasteiger charge is -2.14. The highest BCUT2D eigenvalue weighted by Crippen LogP contribution is 2.23. The molecule has 9 heteroatoms. The Labute approximate surface area is 169 Å². The molecule has 1 aromatic heterocycles. The lowest BCUT2D eigenvalue weighted by molar-refractivity contribution is -0.124. The number of nitrogens with two attached hydrogens (primary N) is 1. The summed E-state index contributed by atoms with van der Waals surface area (Å²) in [5.74, 6) is -0.964. The molecule has 1 atom stereocenters. The summed E-state index contributed by atoms with van der Waals surface area (Å²) >= 11 is 1.36. The van der Waals surface area contributed by atoms with Gasteiger partial charge >= 0.3 is 5.97 Å². The molecular weight excluding hydrogens is 400 g/mol. The zero-order valence-corrected chi connectivity index (χ0v) is 17.7. The van der Waals surface area contributed by atoms with Gasteiger partial charge in [0.1, 0.15) is 4.88 Å². The van der Waals surface area contributed by atoms with Crippen molar-refractivity contribution in [2.75, 3.05) is 6.61 Å². The van der Waals surface area contributed by atoms with E-state index in [0.29, 0.717) is 10.4 Å². The van der Waals surface area contributed by atoms with Crippen LogP contribution in [0.1, 0.15) is 52.0 Å². The maximum atomic E-state index is 12.1. The number of nitrogens with one attached hydrogen (secondary N) is 1. The third-order valence-electron chi connectivity index (χ3n) is 4.16. The van der Waals surface area contributed by atoms with Crippen LogP contribution in [-0.2, 0) is 26.0 Å². The summed E-state index contributed by atoms with van der Waals surface area (Å²) in [5, 5.41) is 7.77. The van der Waals surface area contributed by atoms with Crippen molar-refractivity contribution in [2.45, 2.75) is 44.6 Å². The second kappa shape index (κ2) is 9.31. The van der Waals surface area contributed by atoms with Gasteiger partial charge < -0.3 is 10.1 Å². The van der Waals surface area contributed by atoms with E-state index in [4.69, 9.17) is 9.88 Å². The monoisotopic (exact) mass is 424 g/mol. The fourth-order valence-electron chi connectivity index (χ4n) is 2.65. The van der Waals surface area contributed by atoms with Crippen molar-refractivity contribution in [3.8, 4) is 0 Å². The first-order chi connectivity index (χ1) is 13.1. The van der Waals surface area contributed by atoms with Gasteiger partial charge in [0, 0.05) is 4.88 Å². The van der Waals surface area contributed by atoms with E-state index in [0.717, 1.165) is 23.3 Å². The van der Waals surface area contributed by atoms with E-state index < -0.39 is 28.5 Å². The van der Waals surface area contributed by atoms with E-state index in [9.17, 15) is 18.0 Å². The minimum absolute atomic E-state index is 0.00242. The molecule has 1 amide bonds. The Morgan fingerprint density at radius 2 is 1.89 bits per heavy atom. The molecule has 0 saturated carbocycles. The number of ether oxygens (including phenoxy) is 1. The third kappa shape index (κ3) is 5.88. The van der Waals surface area contributed by atoms with Crippen LogP contribution >= 0.6 is 11.3 Å². The number of carbonyl (C=O) groups is 2.